The van der Waals surface area contributed by atoms with Crippen LogP contribution < -0.4 is 4.90 Å². The van der Waals surface area contributed by atoms with Gasteiger partial charge in [0.2, 0.25) is 0 Å². The van der Waals surface area contributed by atoms with Crippen molar-refractivity contribution in [3.05, 3.63) is 175 Å². The van der Waals surface area contributed by atoms with Gasteiger partial charge in [0.15, 0.2) is 0 Å². The maximum atomic E-state index is 6.70. The molecule has 1 aliphatic rings. The van der Waals surface area contributed by atoms with Crippen molar-refractivity contribution in [1.82, 2.24) is 0 Å². The molecule has 8 aromatic carbocycles. The average Bonchev–Trinajstić information content (AvgIpc) is 3.97. The van der Waals surface area contributed by atoms with Gasteiger partial charge in [0.25, 0.3) is 0 Å². The lowest BCUT2D eigenvalue weighted by Gasteiger charge is -2.41. The molecule has 12 rings (SSSR count). The van der Waals surface area contributed by atoms with Crippen LogP contribution in [-0.2, 0) is 10.8 Å². The Balaban J connectivity index is 1.01. The molecule has 0 bridgehead atoms. The van der Waals surface area contributed by atoms with Crippen molar-refractivity contribution in [1.29, 1.82) is 0 Å². The highest BCUT2D eigenvalue weighted by Gasteiger charge is 2.38. The summed E-state index contributed by atoms with van der Waals surface area (Å²) in [5.74, 6) is 0. The van der Waals surface area contributed by atoms with E-state index in [1.807, 2.05) is 23.5 Å². The van der Waals surface area contributed by atoms with E-state index in [4.69, 9.17) is 8.83 Å². The predicted octanol–water partition coefficient (Wildman–Crippen LogP) is 17.0. The van der Waals surface area contributed by atoms with Crippen molar-refractivity contribution in [2.24, 2.45) is 0 Å². The first kappa shape index (κ1) is 35.3. The molecule has 0 saturated carbocycles. The highest BCUT2D eigenvalue weighted by molar-refractivity contribution is 7.26. The molecule has 0 amide bonds. The van der Waals surface area contributed by atoms with E-state index < -0.39 is 0 Å². The Morgan fingerprint density at radius 2 is 1.07 bits per heavy atom. The number of rotatable bonds is 5. The molecule has 4 heteroatoms. The molecule has 1 aliphatic carbocycles. The summed E-state index contributed by atoms with van der Waals surface area (Å²) in [4.78, 5) is 2.41. The first-order chi connectivity index (χ1) is 29.2. The zero-order valence-electron chi connectivity index (χ0n) is 34.2. The second-order valence-electron chi connectivity index (χ2n) is 17.9. The lowest BCUT2D eigenvalue weighted by molar-refractivity contribution is 0.332. The molecule has 0 saturated heterocycles. The van der Waals surface area contributed by atoms with Gasteiger partial charge in [-0.25, -0.2) is 0 Å². The maximum absolute atomic E-state index is 6.70. The topological polar surface area (TPSA) is 29.5 Å². The molecule has 0 aliphatic heterocycles. The highest BCUT2D eigenvalue weighted by atomic mass is 32.1. The Bertz CT molecular complexity index is 3500. The number of para-hydroxylation sites is 1. The second kappa shape index (κ2) is 12.9. The molecule has 3 aromatic heterocycles. The third-order valence-electron chi connectivity index (χ3n) is 13.4. The first-order valence-corrected chi connectivity index (χ1v) is 21.9. The van der Waals surface area contributed by atoms with Gasteiger partial charge in [0.1, 0.15) is 22.3 Å². The second-order valence-corrected chi connectivity index (χ2v) is 19.0. The van der Waals surface area contributed by atoms with E-state index in [-0.39, 0.29) is 10.8 Å². The van der Waals surface area contributed by atoms with Crippen LogP contribution in [0.5, 0.6) is 0 Å². The van der Waals surface area contributed by atoms with Crippen molar-refractivity contribution in [2.45, 2.75) is 51.4 Å². The van der Waals surface area contributed by atoms with Gasteiger partial charge < -0.3 is 13.7 Å². The molecular formula is C56H43NO2S. The first-order valence-electron chi connectivity index (χ1n) is 21.0. The van der Waals surface area contributed by atoms with Crippen molar-refractivity contribution in [3.8, 4) is 22.3 Å². The molecule has 3 nitrogen and oxygen atoms in total. The van der Waals surface area contributed by atoms with E-state index in [1.165, 1.54) is 71.6 Å². The summed E-state index contributed by atoms with van der Waals surface area (Å²) in [5, 5.41) is 7.17. The summed E-state index contributed by atoms with van der Waals surface area (Å²) in [7, 11) is 0. The third kappa shape index (κ3) is 5.33. The smallest absolute Gasteiger partial charge is 0.136 e. The predicted molar refractivity (Wildman–Crippen MR) is 255 cm³/mol. The van der Waals surface area contributed by atoms with Gasteiger partial charge in [0.05, 0.1) is 10.4 Å². The molecule has 290 valence electrons. The minimum Gasteiger partial charge on any atom is -0.456 e. The Kier molecular flexibility index (Phi) is 7.62. The van der Waals surface area contributed by atoms with Crippen LogP contribution in [0.1, 0.15) is 51.7 Å². The van der Waals surface area contributed by atoms with Crippen LogP contribution in [0.25, 0.3) is 86.3 Å². The summed E-state index contributed by atoms with van der Waals surface area (Å²) in [6.07, 6.45) is 2.34. The van der Waals surface area contributed by atoms with Gasteiger partial charge in [-0.15, -0.1) is 11.3 Å². The lowest BCUT2D eigenvalue weighted by Crippen LogP contribution is -2.33. The van der Waals surface area contributed by atoms with E-state index in [0.717, 1.165) is 55.7 Å². The molecule has 11 aromatic rings. The summed E-state index contributed by atoms with van der Waals surface area (Å²) >= 11 is 1.85. The van der Waals surface area contributed by atoms with E-state index in [9.17, 15) is 0 Å². The van der Waals surface area contributed by atoms with Gasteiger partial charge in [-0.3, -0.25) is 0 Å². The summed E-state index contributed by atoms with van der Waals surface area (Å²) in [6.45, 7) is 9.56. The fourth-order valence-corrected chi connectivity index (χ4v) is 11.3. The molecule has 3 heterocycles. The van der Waals surface area contributed by atoms with Gasteiger partial charge in [-0.2, -0.15) is 0 Å². The molecule has 0 atom stereocenters. The number of hydrogen-bond donors (Lipinski definition) is 0. The summed E-state index contributed by atoms with van der Waals surface area (Å²) < 4.78 is 15.5. The van der Waals surface area contributed by atoms with Crippen LogP contribution in [0.2, 0.25) is 0 Å². The van der Waals surface area contributed by atoms with Crippen molar-refractivity contribution >= 4 is 92.4 Å². The van der Waals surface area contributed by atoms with Crippen molar-refractivity contribution < 1.29 is 8.83 Å². The van der Waals surface area contributed by atoms with Crippen molar-refractivity contribution in [2.75, 3.05) is 4.90 Å². The maximum Gasteiger partial charge on any atom is 0.136 e. The fourth-order valence-electron chi connectivity index (χ4n) is 10.1. The third-order valence-corrected chi connectivity index (χ3v) is 14.6. The van der Waals surface area contributed by atoms with Crippen molar-refractivity contribution in [3.63, 3.8) is 0 Å². The Morgan fingerprint density at radius 3 is 1.90 bits per heavy atom. The number of nitrogens with zero attached hydrogens (tertiary/aromatic N) is 1. The van der Waals surface area contributed by atoms with E-state index in [0.29, 0.717) is 0 Å². The monoisotopic (exact) mass is 793 g/mol. The SMILES string of the molecule is CC1(C)CCC(C)(C)c2cc3c(cc21)oc1cccc(-c2ccccc2-c2ccc(N(c4ccc5oc6ccccc6c5c4)c4cccc5c4sc4ccccc45)cc2)c13. The van der Waals surface area contributed by atoms with Crippen LogP contribution in [0.4, 0.5) is 17.1 Å². The quantitative estimate of drug-likeness (QED) is 0.174. The Morgan fingerprint density at radius 1 is 0.450 bits per heavy atom. The van der Waals surface area contributed by atoms with E-state index in [1.54, 1.807) is 0 Å². The largest absolute Gasteiger partial charge is 0.456 e. The van der Waals surface area contributed by atoms with Crippen LogP contribution in [0.3, 0.4) is 0 Å². The van der Waals surface area contributed by atoms with Gasteiger partial charge >= 0.3 is 0 Å². The average molecular weight is 794 g/mol. The molecule has 0 spiro atoms. The normalized spacial score (nSPS) is 14.8. The minimum atomic E-state index is 0.103. The summed E-state index contributed by atoms with van der Waals surface area (Å²) in [5.41, 5.74) is 14.8. The molecule has 0 N–H and O–H groups in total. The fraction of sp³-hybridized carbons (Fsp3) is 0.143. The number of thiophene rings is 1. The number of anilines is 3. The number of fused-ring (bicyclic) bond motifs is 10. The van der Waals surface area contributed by atoms with Gasteiger partial charge in [-0.1, -0.05) is 125 Å². The van der Waals surface area contributed by atoms with Crippen LogP contribution in [-0.4, -0.2) is 0 Å². The Hall–Kier alpha value is -6.62. The number of hydrogen-bond acceptors (Lipinski definition) is 4. The van der Waals surface area contributed by atoms with Crippen LogP contribution >= 0.6 is 11.3 Å². The lowest BCUT2D eigenvalue weighted by atomic mass is 9.63. The standard InChI is InChI=1S/C56H43NO2S/c1-55(2)29-30-56(3,4)46-33-51-44(32-45(46)55)53-41(17-12-21-50(53)59-51)38-14-6-5-13-37(38)34-23-25-35(26-24-34)57(36-27-28-49-43(31-36)39-15-7-9-20-48(39)58-49)47-19-11-18-42-40-16-8-10-22-52(40)60-54(42)47/h5-28,31-33H,29-30H2,1-4H3. The zero-order chi connectivity index (χ0) is 40.3. The molecule has 0 fully saturated rings. The zero-order valence-corrected chi connectivity index (χ0v) is 35.0. The number of furan rings is 2. The molecular weight excluding hydrogens is 751 g/mol. The van der Waals surface area contributed by atoms with Crippen LogP contribution in [0, 0.1) is 0 Å². The summed E-state index contributed by atoms with van der Waals surface area (Å²) in [6, 6.07) is 59.6. The van der Waals surface area contributed by atoms with E-state index in [2.05, 4.69) is 184 Å². The van der Waals surface area contributed by atoms with Gasteiger partial charge in [-0.05, 0) is 124 Å². The van der Waals surface area contributed by atoms with Gasteiger partial charge in [0, 0.05) is 48.4 Å². The van der Waals surface area contributed by atoms with E-state index >= 15 is 0 Å². The van der Waals surface area contributed by atoms with Crippen LogP contribution in [0.15, 0.2) is 173 Å². The molecule has 0 radical (unpaired) electrons. The minimum absolute atomic E-state index is 0.103. The highest BCUT2D eigenvalue weighted by Crippen LogP contribution is 2.50. The molecule has 60 heavy (non-hydrogen) atoms. The molecule has 0 unspecified atom stereocenters. The number of benzene rings is 8. The Labute approximate surface area is 353 Å².